The Hall–Kier alpha value is -1.87. The summed E-state index contributed by atoms with van der Waals surface area (Å²) in [5.41, 5.74) is -3.27. The number of aliphatic hydroxyl groups is 5. The van der Waals surface area contributed by atoms with Gasteiger partial charge in [-0.1, -0.05) is 0 Å². The molecule has 7 fully saturated rings. The predicted octanol–water partition coefficient (Wildman–Crippen LogP) is -1.65. The maximum absolute atomic E-state index is 12.7. The highest BCUT2D eigenvalue weighted by atomic mass is 16.8. The Bertz CT molecular complexity index is 1030. The molecule has 0 amide bonds. The lowest BCUT2D eigenvalue weighted by molar-refractivity contribution is -0.424. The molecule has 11 atom stereocenters. The van der Waals surface area contributed by atoms with Crippen molar-refractivity contribution < 1.29 is 59.1 Å². The quantitative estimate of drug-likeness (QED) is 0.247. The lowest BCUT2D eigenvalue weighted by Gasteiger charge is -2.67. The topological polar surface area (TPSA) is 185 Å². The van der Waals surface area contributed by atoms with Crippen LogP contribution >= 0.6 is 0 Å². The summed E-state index contributed by atoms with van der Waals surface area (Å²) in [6.07, 6.45) is -8.10. The average Bonchev–Trinajstić information content (AvgIpc) is 3.00. The molecule has 6 N–H and O–H groups in total. The molecule has 3 unspecified atom stereocenters. The fourth-order valence-electron chi connectivity index (χ4n) is 6.90. The first-order valence-corrected chi connectivity index (χ1v) is 11.5. The molecule has 6 bridgehead atoms. The largest absolute Gasteiger partial charge is 0.508 e. The van der Waals surface area contributed by atoms with E-state index in [9.17, 15) is 35.4 Å². The fourth-order valence-corrected chi connectivity index (χ4v) is 6.90. The van der Waals surface area contributed by atoms with Crippen molar-refractivity contribution in [2.75, 3.05) is 13.2 Å². The van der Waals surface area contributed by atoms with Crippen molar-refractivity contribution >= 4 is 5.97 Å². The SMILES string of the molecule is C[C@]12CC3(O)OC(O1)[C@@]1(COC(=O)c4ccc(O)cc4)C3C[C@@]12O[C@@H]1O[C@H](CO)[C@@H](O)[C@H](O)[C@H]1O. The van der Waals surface area contributed by atoms with Crippen LogP contribution in [-0.4, -0.2) is 104 Å². The Morgan fingerprint density at radius 2 is 1.83 bits per heavy atom. The Morgan fingerprint density at radius 1 is 1.11 bits per heavy atom. The summed E-state index contributed by atoms with van der Waals surface area (Å²) >= 11 is 0. The number of rotatable bonds is 6. The Morgan fingerprint density at radius 3 is 2.51 bits per heavy atom. The number of esters is 1. The van der Waals surface area contributed by atoms with Crippen LogP contribution in [0.3, 0.4) is 0 Å². The van der Waals surface area contributed by atoms with E-state index in [4.69, 9.17) is 23.7 Å². The second-order valence-corrected chi connectivity index (χ2v) is 10.4. The molecule has 7 aliphatic rings. The van der Waals surface area contributed by atoms with Crippen LogP contribution in [0.1, 0.15) is 30.1 Å². The van der Waals surface area contributed by atoms with Crippen LogP contribution in [0.15, 0.2) is 24.3 Å². The smallest absolute Gasteiger partial charge is 0.338 e. The van der Waals surface area contributed by atoms with E-state index in [1.165, 1.54) is 24.3 Å². The van der Waals surface area contributed by atoms with Gasteiger partial charge in [0.2, 0.25) is 0 Å². The average molecular weight is 496 g/mol. The first kappa shape index (κ1) is 23.5. The van der Waals surface area contributed by atoms with Crippen molar-refractivity contribution in [2.24, 2.45) is 11.3 Å². The summed E-state index contributed by atoms with van der Waals surface area (Å²) in [4.78, 5) is 12.7. The highest BCUT2D eigenvalue weighted by Crippen LogP contribution is 2.81. The van der Waals surface area contributed by atoms with Crippen LogP contribution in [-0.2, 0) is 23.7 Å². The summed E-state index contributed by atoms with van der Waals surface area (Å²) in [7, 11) is 0. The lowest BCUT2D eigenvalue weighted by atomic mass is 9.41. The van der Waals surface area contributed by atoms with Crippen LogP contribution in [0.2, 0.25) is 0 Å². The molecule has 1 aromatic carbocycles. The van der Waals surface area contributed by atoms with Gasteiger partial charge in [0.1, 0.15) is 48.0 Å². The molecule has 12 nitrogen and oxygen atoms in total. The Kier molecular flexibility index (Phi) is 4.93. The standard InChI is InChI=1S/C23H28O12/c1-20-8-22(30)13-6-23(20,33-18-16(28)15(27)14(26)12(7-24)32-18)21(13,19(34-20)35-22)9-31-17(29)10-2-4-11(25)5-3-10/h2-5,12-16,18-19,24-28,30H,6-9H2,1H3/t12-,13?,14-,15+,16-,18+,19?,20-,21-,22?,23+/m1/s1. The Balaban J connectivity index is 1.31. The summed E-state index contributed by atoms with van der Waals surface area (Å²) in [5, 5.41) is 61.2. The third kappa shape index (κ3) is 2.80. The van der Waals surface area contributed by atoms with Gasteiger partial charge in [-0.15, -0.1) is 0 Å². The second kappa shape index (κ2) is 7.34. The van der Waals surface area contributed by atoms with Crippen LogP contribution < -0.4 is 0 Å². The van der Waals surface area contributed by atoms with Gasteiger partial charge in [0.15, 0.2) is 18.4 Å². The molecule has 4 saturated heterocycles. The van der Waals surface area contributed by atoms with Gasteiger partial charge in [-0.2, -0.15) is 0 Å². The zero-order chi connectivity index (χ0) is 25.0. The van der Waals surface area contributed by atoms with E-state index in [0.29, 0.717) is 0 Å². The van der Waals surface area contributed by atoms with E-state index in [0.717, 1.165) is 0 Å². The molecule has 1 aromatic rings. The molecule has 4 aliphatic heterocycles. The first-order valence-electron chi connectivity index (χ1n) is 11.5. The third-order valence-corrected chi connectivity index (χ3v) is 8.66. The zero-order valence-electron chi connectivity index (χ0n) is 18.8. The molecular weight excluding hydrogens is 468 g/mol. The number of aromatic hydroxyl groups is 1. The molecule has 0 radical (unpaired) electrons. The maximum Gasteiger partial charge on any atom is 0.338 e. The molecule has 0 aromatic heterocycles. The van der Waals surface area contributed by atoms with Crippen LogP contribution in [0, 0.1) is 11.3 Å². The molecule has 12 heteroatoms. The van der Waals surface area contributed by atoms with Gasteiger partial charge in [0.05, 0.1) is 17.6 Å². The summed E-state index contributed by atoms with van der Waals surface area (Å²) < 4.78 is 29.6. The number of phenolic OH excluding ortho intramolecular Hbond substituents is 1. The van der Waals surface area contributed by atoms with Gasteiger partial charge in [0.25, 0.3) is 0 Å². The summed E-state index contributed by atoms with van der Waals surface area (Å²) in [6, 6.07) is 5.54. The van der Waals surface area contributed by atoms with Crippen molar-refractivity contribution in [3.05, 3.63) is 29.8 Å². The van der Waals surface area contributed by atoms with E-state index in [2.05, 4.69) is 0 Å². The zero-order valence-corrected chi connectivity index (χ0v) is 18.8. The molecule has 8 rings (SSSR count). The molecule has 35 heavy (non-hydrogen) atoms. The Labute approximate surface area is 199 Å². The predicted molar refractivity (Wildman–Crippen MR) is 110 cm³/mol. The maximum atomic E-state index is 12.7. The minimum Gasteiger partial charge on any atom is -0.508 e. The van der Waals surface area contributed by atoms with E-state index >= 15 is 0 Å². The molecule has 3 saturated carbocycles. The van der Waals surface area contributed by atoms with Crippen molar-refractivity contribution in [1.29, 1.82) is 0 Å². The van der Waals surface area contributed by atoms with Crippen molar-refractivity contribution in [3.8, 4) is 5.75 Å². The van der Waals surface area contributed by atoms with Gasteiger partial charge in [-0.3, -0.25) is 0 Å². The number of aliphatic hydroxyl groups excluding tert-OH is 4. The third-order valence-electron chi connectivity index (χ3n) is 8.66. The number of benzene rings is 1. The van der Waals surface area contributed by atoms with Crippen LogP contribution in [0.25, 0.3) is 0 Å². The number of hydrogen-bond acceptors (Lipinski definition) is 12. The van der Waals surface area contributed by atoms with E-state index < -0.39 is 77.9 Å². The van der Waals surface area contributed by atoms with Crippen LogP contribution in [0.4, 0.5) is 0 Å². The molecule has 0 spiro atoms. The molecular formula is C23H28O12. The minimum atomic E-state index is -1.64. The van der Waals surface area contributed by atoms with E-state index in [1.54, 1.807) is 6.92 Å². The van der Waals surface area contributed by atoms with Gasteiger partial charge in [-0.25, -0.2) is 4.79 Å². The normalized spacial score (nSPS) is 51.3. The summed E-state index contributed by atoms with van der Waals surface area (Å²) in [6.45, 7) is 0.878. The van der Waals surface area contributed by atoms with Crippen molar-refractivity contribution in [1.82, 2.24) is 0 Å². The highest BCUT2D eigenvalue weighted by molar-refractivity contribution is 5.89. The van der Waals surface area contributed by atoms with Gasteiger partial charge in [-0.05, 0) is 37.6 Å². The number of phenols is 1. The molecule has 4 heterocycles. The first-order chi connectivity index (χ1) is 16.5. The lowest BCUT2D eigenvalue weighted by Crippen LogP contribution is -2.80. The van der Waals surface area contributed by atoms with E-state index in [1.807, 2.05) is 0 Å². The van der Waals surface area contributed by atoms with Crippen molar-refractivity contribution in [2.45, 2.75) is 73.8 Å². The number of hydrogen-bond donors (Lipinski definition) is 6. The van der Waals surface area contributed by atoms with E-state index in [-0.39, 0.29) is 30.8 Å². The monoisotopic (exact) mass is 496 g/mol. The number of carbonyl (C=O) groups is 1. The number of ether oxygens (including phenoxy) is 5. The molecule has 3 aliphatic carbocycles. The number of carbonyl (C=O) groups excluding carboxylic acids is 1. The summed E-state index contributed by atoms with van der Waals surface area (Å²) in [5.74, 6) is -2.68. The minimum absolute atomic E-state index is 0.00282. The highest BCUT2D eigenvalue weighted by Gasteiger charge is 2.94. The van der Waals surface area contributed by atoms with Gasteiger partial charge >= 0.3 is 5.97 Å². The van der Waals surface area contributed by atoms with Crippen molar-refractivity contribution in [3.63, 3.8) is 0 Å². The second-order valence-electron chi connectivity index (χ2n) is 10.4. The molecule has 192 valence electrons. The van der Waals surface area contributed by atoms with Crippen LogP contribution in [0.5, 0.6) is 5.75 Å². The fraction of sp³-hybridized carbons (Fsp3) is 0.696. The van der Waals surface area contributed by atoms with Gasteiger partial charge in [0, 0.05) is 12.3 Å². The van der Waals surface area contributed by atoms with Gasteiger partial charge < -0.3 is 54.3 Å².